The molecule has 0 saturated carbocycles. The number of methoxy groups -OCH3 is 2. The largest absolute Gasteiger partial charge is 0.496 e. The van der Waals surface area contributed by atoms with Crippen LogP contribution in [0.5, 0.6) is 11.5 Å². The highest BCUT2D eigenvalue weighted by Gasteiger charge is 2.21. The standard InChI is InChI=1S/C16H21NO6/c1-20-12-6-3-7-13(21-2)15(12)16(19)23-10-14(18)17-9-11-5-4-8-22-11/h3,6-7,11H,4-5,8-10H2,1-2H3,(H,17,18)/t11-/m0/s1. The summed E-state index contributed by atoms with van der Waals surface area (Å²) in [6.45, 7) is 0.782. The molecule has 1 atom stereocenters. The fraction of sp³-hybridized carbons (Fsp3) is 0.500. The third-order valence-electron chi connectivity index (χ3n) is 3.52. The summed E-state index contributed by atoms with van der Waals surface area (Å²) in [6, 6.07) is 4.94. The minimum Gasteiger partial charge on any atom is -0.496 e. The maximum atomic E-state index is 12.2. The van der Waals surface area contributed by atoms with Crippen LogP contribution in [0.4, 0.5) is 0 Å². The molecule has 126 valence electrons. The highest BCUT2D eigenvalue weighted by Crippen LogP contribution is 2.28. The summed E-state index contributed by atoms with van der Waals surface area (Å²) in [4.78, 5) is 23.9. The molecule has 0 unspecified atom stereocenters. The summed E-state index contributed by atoms with van der Waals surface area (Å²) in [6.07, 6.45) is 1.98. The minimum absolute atomic E-state index is 0.0453. The number of hydrogen-bond donors (Lipinski definition) is 1. The number of hydrogen-bond acceptors (Lipinski definition) is 6. The lowest BCUT2D eigenvalue weighted by Crippen LogP contribution is -2.34. The van der Waals surface area contributed by atoms with E-state index in [-0.39, 0.29) is 24.2 Å². The highest BCUT2D eigenvalue weighted by atomic mass is 16.5. The van der Waals surface area contributed by atoms with Gasteiger partial charge in [-0.05, 0) is 25.0 Å². The van der Waals surface area contributed by atoms with Crippen molar-refractivity contribution in [2.75, 3.05) is 34.0 Å². The third-order valence-corrected chi connectivity index (χ3v) is 3.52. The van der Waals surface area contributed by atoms with E-state index in [1.165, 1.54) is 14.2 Å². The quantitative estimate of drug-likeness (QED) is 0.758. The summed E-state index contributed by atoms with van der Waals surface area (Å²) >= 11 is 0. The van der Waals surface area contributed by atoms with Gasteiger partial charge < -0.3 is 24.3 Å². The second-order valence-electron chi connectivity index (χ2n) is 5.05. The molecule has 0 aromatic heterocycles. The lowest BCUT2D eigenvalue weighted by Gasteiger charge is -2.13. The molecule has 7 nitrogen and oxygen atoms in total. The monoisotopic (exact) mass is 323 g/mol. The zero-order chi connectivity index (χ0) is 16.7. The molecule has 0 bridgehead atoms. The third kappa shape index (κ3) is 4.59. The summed E-state index contributed by atoms with van der Waals surface area (Å²) in [5.41, 5.74) is 0.157. The van der Waals surface area contributed by atoms with Crippen molar-refractivity contribution < 1.29 is 28.5 Å². The SMILES string of the molecule is COc1cccc(OC)c1C(=O)OCC(=O)NC[C@@H]1CCCO1. The Balaban J connectivity index is 1.87. The molecule has 1 aliphatic heterocycles. The van der Waals surface area contributed by atoms with Crippen LogP contribution >= 0.6 is 0 Å². The Morgan fingerprint density at radius 2 is 1.96 bits per heavy atom. The van der Waals surface area contributed by atoms with Crippen molar-refractivity contribution in [1.82, 2.24) is 5.32 Å². The van der Waals surface area contributed by atoms with Gasteiger partial charge in [-0.15, -0.1) is 0 Å². The van der Waals surface area contributed by atoms with E-state index < -0.39 is 5.97 Å². The van der Waals surface area contributed by atoms with Gasteiger partial charge in [-0.25, -0.2) is 4.79 Å². The van der Waals surface area contributed by atoms with Crippen molar-refractivity contribution >= 4 is 11.9 Å². The van der Waals surface area contributed by atoms with Crippen LogP contribution in [0.1, 0.15) is 23.2 Å². The fourth-order valence-electron chi connectivity index (χ4n) is 2.34. The van der Waals surface area contributed by atoms with Crippen LogP contribution in [0.15, 0.2) is 18.2 Å². The number of rotatable bonds is 7. The van der Waals surface area contributed by atoms with E-state index in [4.69, 9.17) is 18.9 Å². The van der Waals surface area contributed by atoms with Crippen molar-refractivity contribution in [2.45, 2.75) is 18.9 Å². The second kappa shape index (κ2) is 8.38. The molecule has 0 radical (unpaired) electrons. The maximum Gasteiger partial charge on any atom is 0.346 e. The zero-order valence-corrected chi connectivity index (χ0v) is 13.3. The molecule has 1 amide bonds. The molecular weight excluding hydrogens is 302 g/mol. The summed E-state index contributed by atoms with van der Waals surface area (Å²) < 4.78 is 20.7. The van der Waals surface area contributed by atoms with E-state index in [9.17, 15) is 9.59 Å². The van der Waals surface area contributed by atoms with Gasteiger partial charge in [-0.2, -0.15) is 0 Å². The lowest BCUT2D eigenvalue weighted by atomic mass is 10.2. The number of carbonyl (C=O) groups excluding carboxylic acids is 2. The summed E-state index contributed by atoms with van der Waals surface area (Å²) in [5, 5.41) is 2.68. The van der Waals surface area contributed by atoms with Crippen LogP contribution in [0, 0.1) is 0 Å². The normalized spacial score (nSPS) is 16.7. The van der Waals surface area contributed by atoms with Crippen LogP contribution in [0.25, 0.3) is 0 Å². The van der Waals surface area contributed by atoms with Crippen molar-refractivity contribution in [3.63, 3.8) is 0 Å². The molecule has 1 aromatic rings. The van der Waals surface area contributed by atoms with Crippen molar-refractivity contribution in [3.8, 4) is 11.5 Å². The first kappa shape index (κ1) is 17.1. The number of carbonyl (C=O) groups is 2. The van der Waals surface area contributed by atoms with Gasteiger partial charge in [0, 0.05) is 13.2 Å². The Kier molecular flexibility index (Phi) is 6.22. The predicted molar refractivity (Wildman–Crippen MR) is 81.8 cm³/mol. The van der Waals surface area contributed by atoms with Crippen LogP contribution in [0.3, 0.4) is 0 Å². The lowest BCUT2D eigenvalue weighted by molar-refractivity contribution is -0.124. The number of nitrogens with one attached hydrogen (secondary N) is 1. The number of ether oxygens (including phenoxy) is 4. The van der Waals surface area contributed by atoms with Gasteiger partial charge in [-0.1, -0.05) is 6.07 Å². The highest BCUT2D eigenvalue weighted by molar-refractivity contribution is 5.96. The molecule has 0 aliphatic carbocycles. The Bertz CT molecular complexity index is 531. The molecule has 2 rings (SSSR count). The van der Waals surface area contributed by atoms with Gasteiger partial charge in [0.15, 0.2) is 6.61 Å². The Labute approximate surface area is 134 Å². The van der Waals surface area contributed by atoms with E-state index >= 15 is 0 Å². The minimum atomic E-state index is -0.674. The van der Waals surface area contributed by atoms with Crippen LogP contribution in [0.2, 0.25) is 0 Å². The average molecular weight is 323 g/mol. The van der Waals surface area contributed by atoms with Crippen LogP contribution in [-0.4, -0.2) is 52.0 Å². The van der Waals surface area contributed by atoms with Crippen LogP contribution < -0.4 is 14.8 Å². The van der Waals surface area contributed by atoms with E-state index in [1.54, 1.807) is 18.2 Å². The average Bonchev–Trinajstić information content (AvgIpc) is 3.10. The summed E-state index contributed by atoms with van der Waals surface area (Å²) in [7, 11) is 2.89. The zero-order valence-electron chi connectivity index (χ0n) is 13.3. The maximum absolute atomic E-state index is 12.2. The van der Waals surface area contributed by atoms with E-state index in [2.05, 4.69) is 5.32 Å². The van der Waals surface area contributed by atoms with E-state index in [1.807, 2.05) is 0 Å². The predicted octanol–water partition coefficient (Wildman–Crippen LogP) is 1.16. The first-order valence-corrected chi connectivity index (χ1v) is 7.42. The molecule has 1 heterocycles. The molecule has 0 spiro atoms. The Hall–Kier alpha value is -2.28. The Morgan fingerprint density at radius 1 is 1.26 bits per heavy atom. The number of esters is 1. The molecule has 1 aromatic carbocycles. The number of amides is 1. The van der Waals surface area contributed by atoms with E-state index in [0.29, 0.717) is 18.0 Å². The van der Waals surface area contributed by atoms with Crippen LogP contribution in [-0.2, 0) is 14.3 Å². The summed E-state index contributed by atoms with van der Waals surface area (Å²) in [5.74, 6) is -0.391. The first-order valence-electron chi connectivity index (χ1n) is 7.42. The second-order valence-corrected chi connectivity index (χ2v) is 5.05. The smallest absolute Gasteiger partial charge is 0.346 e. The first-order chi connectivity index (χ1) is 11.2. The van der Waals surface area contributed by atoms with Crippen molar-refractivity contribution in [2.24, 2.45) is 0 Å². The van der Waals surface area contributed by atoms with Crippen molar-refractivity contribution in [3.05, 3.63) is 23.8 Å². The van der Waals surface area contributed by atoms with Gasteiger partial charge >= 0.3 is 5.97 Å². The Morgan fingerprint density at radius 3 is 2.52 bits per heavy atom. The molecule has 7 heteroatoms. The van der Waals surface area contributed by atoms with Gasteiger partial charge in [0.2, 0.25) is 0 Å². The molecular formula is C16H21NO6. The van der Waals surface area contributed by atoms with Gasteiger partial charge in [0.1, 0.15) is 17.1 Å². The van der Waals surface area contributed by atoms with Gasteiger partial charge in [-0.3, -0.25) is 4.79 Å². The fourth-order valence-corrected chi connectivity index (χ4v) is 2.34. The molecule has 1 aliphatic rings. The topological polar surface area (TPSA) is 83.1 Å². The molecule has 23 heavy (non-hydrogen) atoms. The van der Waals surface area contributed by atoms with Gasteiger partial charge in [0.25, 0.3) is 5.91 Å². The number of benzene rings is 1. The molecule has 1 N–H and O–H groups in total. The van der Waals surface area contributed by atoms with E-state index in [0.717, 1.165) is 19.4 Å². The van der Waals surface area contributed by atoms with Gasteiger partial charge in [0.05, 0.1) is 20.3 Å². The molecule has 1 saturated heterocycles. The molecule has 1 fully saturated rings. The van der Waals surface area contributed by atoms with Crippen molar-refractivity contribution in [1.29, 1.82) is 0 Å².